The first-order chi connectivity index (χ1) is 19.7. The number of aliphatic hydroxyl groups is 2. The second kappa shape index (κ2) is 14.8. The number of carbonyl (C=O) groups is 2. The summed E-state index contributed by atoms with van der Waals surface area (Å²) < 4.78 is 40.5. The van der Waals surface area contributed by atoms with Crippen molar-refractivity contribution in [1.29, 1.82) is 0 Å². The summed E-state index contributed by atoms with van der Waals surface area (Å²) in [6, 6.07) is 16.8. The quantitative estimate of drug-likeness (QED) is 0.0786. The highest BCUT2D eigenvalue weighted by Crippen LogP contribution is 2.34. The minimum atomic E-state index is -1.02. The van der Waals surface area contributed by atoms with Crippen LogP contribution in [0, 0.1) is 0 Å². The standard InChI is InChI=1S/C33H32F2O6/c1-4-5-6-7-23-8-10-25(11-9-23)30(34)31(35)26-14-12-24(13-15-26)27-16-28(40-32(38)21(2)19-36)18-29(17-27)41-33(39)22(3)20-37/h8-18,36-37H,2-7,19-20H2,1H3/b31-30+. The molecule has 0 atom stereocenters. The van der Waals surface area contributed by atoms with Crippen molar-refractivity contribution in [3.05, 3.63) is 108 Å². The van der Waals surface area contributed by atoms with E-state index in [0.29, 0.717) is 11.1 Å². The van der Waals surface area contributed by atoms with Crippen molar-refractivity contribution in [1.82, 2.24) is 0 Å². The Morgan fingerprint density at radius 2 is 1.17 bits per heavy atom. The van der Waals surface area contributed by atoms with Gasteiger partial charge < -0.3 is 19.7 Å². The fourth-order valence-corrected chi connectivity index (χ4v) is 3.80. The van der Waals surface area contributed by atoms with Crippen LogP contribution < -0.4 is 9.47 Å². The van der Waals surface area contributed by atoms with E-state index in [2.05, 4.69) is 20.1 Å². The zero-order valence-corrected chi connectivity index (χ0v) is 22.8. The smallest absolute Gasteiger partial charge is 0.341 e. The molecular formula is C33H32F2O6. The summed E-state index contributed by atoms with van der Waals surface area (Å²) in [5.74, 6) is -3.84. The molecule has 0 aliphatic heterocycles. The fourth-order valence-electron chi connectivity index (χ4n) is 3.80. The lowest BCUT2D eigenvalue weighted by Gasteiger charge is -2.12. The largest absolute Gasteiger partial charge is 0.423 e. The minimum absolute atomic E-state index is 0.0194. The Hall–Kier alpha value is -4.40. The highest BCUT2D eigenvalue weighted by molar-refractivity contribution is 5.91. The van der Waals surface area contributed by atoms with Crippen LogP contribution in [0.1, 0.15) is 42.9 Å². The highest BCUT2D eigenvalue weighted by Gasteiger charge is 2.16. The third-order valence-electron chi connectivity index (χ3n) is 6.20. The Morgan fingerprint density at radius 3 is 1.61 bits per heavy atom. The van der Waals surface area contributed by atoms with Crippen LogP contribution in [0.15, 0.2) is 91.0 Å². The first-order valence-electron chi connectivity index (χ1n) is 13.1. The van der Waals surface area contributed by atoms with Gasteiger partial charge in [0.15, 0.2) is 11.7 Å². The summed E-state index contributed by atoms with van der Waals surface area (Å²) >= 11 is 0. The molecule has 0 saturated carbocycles. The summed E-state index contributed by atoms with van der Waals surface area (Å²) in [6.45, 7) is 7.73. The molecular weight excluding hydrogens is 530 g/mol. The first-order valence-corrected chi connectivity index (χ1v) is 13.1. The van der Waals surface area contributed by atoms with E-state index in [4.69, 9.17) is 19.7 Å². The molecule has 0 spiro atoms. The molecule has 0 amide bonds. The van der Waals surface area contributed by atoms with E-state index in [1.54, 1.807) is 24.3 Å². The molecule has 2 N–H and O–H groups in total. The molecule has 3 rings (SSSR count). The van der Waals surface area contributed by atoms with Crippen LogP contribution >= 0.6 is 0 Å². The molecule has 0 saturated heterocycles. The van der Waals surface area contributed by atoms with E-state index < -0.39 is 36.8 Å². The third-order valence-corrected chi connectivity index (χ3v) is 6.20. The Kier molecular flexibility index (Phi) is 11.3. The summed E-state index contributed by atoms with van der Waals surface area (Å²) in [6.07, 6.45) is 4.15. The zero-order chi connectivity index (χ0) is 29.9. The van der Waals surface area contributed by atoms with Gasteiger partial charge in [-0.1, -0.05) is 81.5 Å². The van der Waals surface area contributed by atoms with Crippen molar-refractivity contribution in [2.24, 2.45) is 0 Å². The predicted molar refractivity (Wildman–Crippen MR) is 154 cm³/mol. The molecule has 214 valence electrons. The molecule has 0 bridgehead atoms. The van der Waals surface area contributed by atoms with Gasteiger partial charge in [0.05, 0.1) is 24.4 Å². The Balaban J connectivity index is 1.88. The number of benzene rings is 3. The number of unbranched alkanes of at least 4 members (excludes halogenated alkanes) is 2. The molecule has 0 aromatic heterocycles. The van der Waals surface area contributed by atoms with Gasteiger partial charge in [-0.3, -0.25) is 0 Å². The van der Waals surface area contributed by atoms with E-state index in [9.17, 15) is 14.0 Å². The van der Waals surface area contributed by atoms with Gasteiger partial charge in [0.25, 0.3) is 0 Å². The van der Waals surface area contributed by atoms with Crippen molar-refractivity contribution >= 4 is 23.6 Å². The maximum Gasteiger partial charge on any atom is 0.341 e. The molecule has 0 aliphatic rings. The number of halogens is 2. The lowest BCUT2D eigenvalue weighted by atomic mass is 10.0. The van der Waals surface area contributed by atoms with Gasteiger partial charge in [-0.15, -0.1) is 0 Å². The first kappa shape index (κ1) is 31.1. The van der Waals surface area contributed by atoms with Gasteiger partial charge in [0.2, 0.25) is 0 Å². The van der Waals surface area contributed by atoms with Crippen LogP contribution in [0.25, 0.3) is 22.8 Å². The van der Waals surface area contributed by atoms with Crippen molar-refractivity contribution in [3.63, 3.8) is 0 Å². The van der Waals surface area contributed by atoms with Gasteiger partial charge in [0.1, 0.15) is 11.5 Å². The molecule has 0 aliphatic carbocycles. The second-order valence-corrected chi connectivity index (χ2v) is 9.35. The highest BCUT2D eigenvalue weighted by atomic mass is 19.2. The molecule has 0 fully saturated rings. The molecule has 0 unspecified atom stereocenters. The predicted octanol–water partition coefficient (Wildman–Crippen LogP) is 6.76. The summed E-state index contributed by atoms with van der Waals surface area (Å²) in [5.41, 5.74) is 1.77. The van der Waals surface area contributed by atoms with E-state index in [1.165, 1.54) is 42.5 Å². The van der Waals surface area contributed by atoms with Crippen molar-refractivity contribution in [3.8, 4) is 22.6 Å². The van der Waals surface area contributed by atoms with E-state index in [1.807, 2.05) is 0 Å². The van der Waals surface area contributed by atoms with Gasteiger partial charge >= 0.3 is 11.9 Å². The second-order valence-electron chi connectivity index (χ2n) is 9.35. The normalized spacial score (nSPS) is 11.4. The van der Waals surface area contributed by atoms with Crippen LogP contribution in [0.5, 0.6) is 11.5 Å². The molecule has 0 radical (unpaired) electrons. The zero-order valence-electron chi connectivity index (χ0n) is 22.8. The SMILES string of the molecule is C=C(CO)C(=O)Oc1cc(OC(=O)C(=C)CO)cc(-c2ccc(/C(F)=C(\F)c3ccc(CCCCC)cc3)cc2)c1. The number of hydrogen-bond donors (Lipinski definition) is 2. The van der Waals surface area contributed by atoms with Crippen molar-refractivity contribution in [2.75, 3.05) is 13.2 Å². The lowest BCUT2D eigenvalue weighted by molar-refractivity contribution is -0.131. The van der Waals surface area contributed by atoms with Gasteiger partial charge in [0, 0.05) is 17.2 Å². The summed E-state index contributed by atoms with van der Waals surface area (Å²) in [4.78, 5) is 24.3. The van der Waals surface area contributed by atoms with E-state index in [0.717, 1.165) is 31.2 Å². The number of ether oxygens (including phenoxy) is 2. The molecule has 0 heterocycles. The molecule has 3 aromatic carbocycles. The molecule has 41 heavy (non-hydrogen) atoms. The average Bonchev–Trinajstić information content (AvgIpc) is 2.99. The van der Waals surface area contributed by atoms with Crippen LogP contribution in [0.4, 0.5) is 8.78 Å². The number of esters is 2. The molecule has 8 heteroatoms. The number of rotatable bonds is 13. The van der Waals surface area contributed by atoms with Crippen LogP contribution in [-0.4, -0.2) is 35.4 Å². The Morgan fingerprint density at radius 1 is 0.707 bits per heavy atom. The van der Waals surface area contributed by atoms with Crippen molar-refractivity contribution in [2.45, 2.75) is 32.6 Å². The van der Waals surface area contributed by atoms with E-state index >= 15 is 4.39 Å². The van der Waals surface area contributed by atoms with Crippen LogP contribution in [0.2, 0.25) is 0 Å². The number of aryl methyl sites for hydroxylation is 1. The van der Waals surface area contributed by atoms with Crippen LogP contribution in [-0.2, 0) is 16.0 Å². The maximum absolute atomic E-state index is 15.1. The molecule has 6 nitrogen and oxygen atoms in total. The molecule has 3 aromatic rings. The Bertz CT molecular complexity index is 1390. The van der Waals surface area contributed by atoms with Crippen LogP contribution in [0.3, 0.4) is 0 Å². The minimum Gasteiger partial charge on any atom is -0.423 e. The number of hydrogen-bond acceptors (Lipinski definition) is 6. The third kappa shape index (κ3) is 8.54. The lowest BCUT2D eigenvalue weighted by Crippen LogP contribution is -2.14. The monoisotopic (exact) mass is 562 g/mol. The topological polar surface area (TPSA) is 93.1 Å². The van der Waals surface area contributed by atoms with Gasteiger partial charge in [-0.2, -0.15) is 0 Å². The van der Waals surface area contributed by atoms with Gasteiger partial charge in [-0.05, 0) is 41.7 Å². The average molecular weight is 563 g/mol. The van der Waals surface area contributed by atoms with E-state index in [-0.39, 0.29) is 33.8 Å². The summed E-state index contributed by atoms with van der Waals surface area (Å²) in [5, 5.41) is 18.3. The number of carbonyl (C=O) groups excluding carboxylic acids is 2. The maximum atomic E-state index is 15.1. The van der Waals surface area contributed by atoms with Crippen molar-refractivity contribution < 1.29 is 38.1 Å². The number of aliphatic hydroxyl groups excluding tert-OH is 2. The Labute approximate surface area is 237 Å². The fraction of sp³-hybridized carbons (Fsp3) is 0.212. The summed E-state index contributed by atoms with van der Waals surface area (Å²) in [7, 11) is 0. The van der Waals surface area contributed by atoms with Gasteiger partial charge in [-0.25, -0.2) is 18.4 Å².